The van der Waals surface area contributed by atoms with Crippen molar-refractivity contribution >= 4 is 22.4 Å². The summed E-state index contributed by atoms with van der Waals surface area (Å²) in [6.07, 6.45) is 3.29. The first-order chi connectivity index (χ1) is 10.0. The molecule has 0 aliphatic heterocycles. The minimum Gasteiger partial charge on any atom is -0.476 e. The van der Waals surface area contributed by atoms with Crippen molar-refractivity contribution in [1.29, 1.82) is 0 Å². The van der Waals surface area contributed by atoms with Gasteiger partial charge in [0.05, 0.1) is 0 Å². The Kier molecular flexibility index (Phi) is 5.24. The molecule has 0 saturated heterocycles. The van der Waals surface area contributed by atoms with Crippen molar-refractivity contribution < 1.29 is 9.53 Å². The molecule has 21 heavy (non-hydrogen) atoms. The second-order valence-corrected chi connectivity index (χ2v) is 6.00. The van der Waals surface area contributed by atoms with Gasteiger partial charge in [-0.25, -0.2) is 9.97 Å². The molecule has 0 atom stereocenters. The third kappa shape index (κ3) is 4.80. The van der Waals surface area contributed by atoms with E-state index in [-0.39, 0.29) is 5.91 Å². The van der Waals surface area contributed by atoms with Gasteiger partial charge in [0.1, 0.15) is 6.61 Å². The Morgan fingerprint density at radius 3 is 2.90 bits per heavy atom. The molecule has 0 fully saturated rings. The summed E-state index contributed by atoms with van der Waals surface area (Å²) in [7, 11) is 3.94. The number of hydrogen-bond acceptors (Lipinski definition) is 6. The van der Waals surface area contributed by atoms with Crippen LogP contribution in [0, 0.1) is 6.92 Å². The van der Waals surface area contributed by atoms with Crippen LogP contribution in [0.25, 0.3) is 0 Å². The molecule has 1 N–H and O–H groups in total. The van der Waals surface area contributed by atoms with E-state index in [4.69, 9.17) is 4.74 Å². The number of hydrogen-bond donors (Lipinski definition) is 1. The molecule has 0 bridgehead atoms. The van der Waals surface area contributed by atoms with E-state index in [9.17, 15) is 4.79 Å². The highest BCUT2D eigenvalue weighted by Crippen LogP contribution is 2.18. The van der Waals surface area contributed by atoms with Crippen molar-refractivity contribution in [3.8, 4) is 5.88 Å². The Morgan fingerprint density at radius 1 is 1.43 bits per heavy atom. The van der Waals surface area contributed by atoms with Gasteiger partial charge in [0, 0.05) is 35.4 Å². The number of nitrogens with one attached hydrogen (secondary N) is 1. The molecule has 0 aromatic carbocycles. The summed E-state index contributed by atoms with van der Waals surface area (Å²) in [6, 6.07) is 3.28. The lowest BCUT2D eigenvalue weighted by Gasteiger charge is -2.10. The summed E-state index contributed by atoms with van der Waals surface area (Å²) in [5.41, 5.74) is 0.498. The van der Waals surface area contributed by atoms with E-state index >= 15 is 0 Å². The lowest BCUT2D eigenvalue weighted by Crippen LogP contribution is -2.20. The number of nitrogens with zero attached hydrogens (tertiary/aromatic N) is 3. The second kappa shape index (κ2) is 7.14. The van der Waals surface area contributed by atoms with Gasteiger partial charge in [-0.2, -0.15) is 0 Å². The molecular weight excluding hydrogens is 288 g/mol. The summed E-state index contributed by atoms with van der Waals surface area (Å²) in [6.45, 7) is 3.25. The van der Waals surface area contributed by atoms with Crippen LogP contribution in [0.3, 0.4) is 0 Å². The van der Waals surface area contributed by atoms with Crippen LogP contribution in [0.15, 0.2) is 24.5 Å². The molecule has 0 saturated carbocycles. The van der Waals surface area contributed by atoms with Crippen LogP contribution in [0.4, 0.5) is 5.13 Å². The number of amides is 1. The first kappa shape index (κ1) is 15.4. The van der Waals surface area contributed by atoms with Gasteiger partial charge in [-0.3, -0.25) is 10.1 Å². The lowest BCUT2D eigenvalue weighted by atomic mass is 10.2. The van der Waals surface area contributed by atoms with Gasteiger partial charge in [0.15, 0.2) is 5.13 Å². The predicted molar refractivity (Wildman–Crippen MR) is 83.1 cm³/mol. The number of ether oxygens (including phenoxy) is 1. The fourth-order valence-corrected chi connectivity index (χ4v) is 2.20. The van der Waals surface area contributed by atoms with Gasteiger partial charge in [0.25, 0.3) is 5.91 Å². The maximum absolute atomic E-state index is 12.1. The Hall–Kier alpha value is -1.99. The topological polar surface area (TPSA) is 67.3 Å². The van der Waals surface area contributed by atoms with Crippen LogP contribution < -0.4 is 10.1 Å². The molecule has 2 aromatic heterocycles. The van der Waals surface area contributed by atoms with E-state index in [0.29, 0.717) is 23.2 Å². The van der Waals surface area contributed by atoms with Gasteiger partial charge in [-0.05, 0) is 27.1 Å². The Morgan fingerprint density at radius 2 is 2.24 bits per heavy atom. The molecule has 6 nitrogen and oxygen atoms in total. The number of aryl methyl sites for hydroxylation is 1. The minimum absolute atomic E-state index is 0.218. The molecule has 2 aromatic rings. The number of thiazole rings is 1. The Balaban J connectivity index is 1.97. The molecule has 2 rings (SSSR count). The van der Waals surface area contributed by atoms with Gasteiger partial charge in [0.2, 0.25) is 5.88 Å². The molecule has 0 radical (unpaired) electrons. The third-order valence-corrected chi connectivity index (χ3v) is 3.46. The summed E-state index contributed by atoms with van der Waals surface area (Å²) in [4.78, 5) is 23.4. The van der Waals surface area contributed by atoms with Crippen LogP contribution in [0.1, 0.15) is 15.2 Å². The summed E-state index contributed by atoms with van der Waals surface area (Å²) in [5.74, 6) is 0.226. The lowest BCUT2D eigenvalue weighted by molar-refractivity contribution is 0.102. The van der Waals surface area contributed by atoms with Crippen molar-refractivity contribution in [2.45, 2.75) is 6.92 Å². The van der Waals surface area contributed by atoms with Crippen LogP contribution in [-0.4, -0.2) is 48.0 Å². The molecule has 0 unspecified atom stereocenters. The Labute approximate surface area is 127 Å². The zero-order chi connectivity index (χ0) is 15.2. The van der Waals surface area contributed by atoms with E-state index < -0.39 is 0 Å². The van der Waals surface area contributed by atoms with Crippen molar-refractivity contribution in [3.05, 3.63) is 35.0 Å². The fourth-order valence-electron chi connectivity index (χ4n) is 1.54. The normalized spacial score (nSPS) is 10.7. The maximum atomic E-state index is 12.1. The zero-order valence-electron chi connectivity index (χ0n) is 12.3. The van der Waals surface area contributed by atoms with Gasteiger partial charge in [-0.15, -0.1) is 11.3 Å². The van der Waals surface area contributed by atoms with Crippen molar-refractivity contribution in [2.24, 2.45) is 0 Å². The molecule has 7 heteroatoms. The minimum atomic E-state index is -0.218. The van der Waals surface area contributed by atoms with Crippen LogP contribution in [0.5, 0.6) is 5.88 Å². The van der Waals surface area contributed by atoms with E-state index in [1.54, 1.807) is 24.5 Å². The largest absolute Gasteiger partial charge is 0.476 e. The van der Waals surface area contributed by atoms with Crippen molar-refractivity contribution in [3.63, 3.8) is 0 Å². The highest BCUT2D eigenvalue weighted by atomic mass is 32.1. The fraction of sp³-hybridized carbons (Fsp3) is 0.357. The molecule has 0 aliphatic carbocycles. The molecule has 112 valence electrons. The SMILES string of the molecule is Cc1cnc(NC(=O)c2ccnc(OCCN(C)C)c2)s1. The van der Waals surface area contributed by atoms with E-state index in [1.807, 2.05) is 25.9 Å². The number of carbonyl (C=O) groups is 1. The van der Waals surface area contributed by atoms with Gasteiger partial charge in [-0.1, -0.05) is 0 Å². The molecule has 0 spiro atoms. The molecule has 1 amide bonds. The standard InChI is InChI=1S/C14H18N4O2S/c1-10-9-16-14(21-10)17-13(19)11-4-5-15-12(8-11)20-7-6-18(2)3/h4-5,8-9H,6-7H2,1-3H3,(H,16,17,19). The van der Waals surface area contributed by atoms with Crippen molar-refractivity contribution in [1.82, 2.24) is 14.9 Å². The van der Waals surface area contributed by atoms with Crippen molar-refractivity contribution in [2.75, 3.05) is 32.6 Å². The highest BCUT2D eigenvalue weighted by Gasteiger charge is 2.10. The number of pyridine rings is 1. The van der Waals surface area contributed by atoms with E-state index in [1.165, 1.54) is 11.3 Å². The average Bonchev–Trinajstić information content (AvgIpc) is 2.84. The van der Waals surface area contributed by atoms with E-state index in [2.05, 4.69) is 15.3 Å². The molecule has 0 aliphatic rings. The number of aromatic nitrogens is 2. The molecule has 2 heterocycles. The molecular formula is C14H18N4O2S. The predicted octanol–water partition coefficient (Wildman–Crippen LogP) is 2.04. The monoisotopic (exact) mass is 306 g/mol. The smallest absolute Gasteiger partial charge is 0.257 e. The summed E-state index contributed by atoms with van der Waals surface area (Å²) in [5, 5.41) is 3.34. The average molecular weight is 306 g/mol. The first-order valence-corrected chi connectivity index (χ1v) is 7.33. The zero-order valence-corrected chi connectivity index (χ0v) is 13.1. The van der Waals surface area contributed by atoms with Crippen LogP contribution in [-0.2, 0) is 0 Å². The number of rotatable bonds is 6. The Bertz CT molecular complexity index is 613. The number of anilines is 1. The highest BCUT2D eigenvalue weighted by molar-refractivity contribution is 7.15. The van der Waals surface area contributed by atoms with Crippen LogP contribution in [0.2, 0.25) is 0 Å². The summed E-state index contributed by atoms with van der Waals surface area (Å²) < 4.78 is 5.52. The van der Waals surface area contributed by atoms with E-state index in [0.717, 1.165) is 11.4 Å². The summed E-state index contributed by atoms with van der Waals surface area (Å²) >= 11 is 1.44. The van der Waals surface area contributed by atoms with Crippen LogP contribution >= 0.6 is 11.3 Å². The third-order valence-electron chi connectivity index (χ3n) is 2.63. The van der Waals surface area contributed by atoms with Gasteiger partial charge >= 0.3 is 0 Å². The second-order valence-electron chi connectivity index (χ2n) is 4.76. The maximum Gasteiger partial charge on any atom is 0.257 e. The number of carbonyl (C=O) groups excluding carboxylic acids is 1. The first-order valence-electron chi connectivity index (χ1n) is 6.52. The number of likely N-dealkylation sites (N-methyl/N-ethyl adjacent to an activating group) is 1. The quantitative estimate of drug-likeness (QED) is 0.884. The van der Waals surface area contributed by atoms with Gasteiger partial charge < -0.3 is 9.64 Å².